The van der Waals surface area contributed by atoms with Crippen LogP contribution in [0.5, 0.6) is 0 Å². The third-order valence-corrected chi connectivity index (χ3v) is 4.98. The fraction of sp³-hybridized carbons (Fsp3) is 0.278. The molecule has 1 aliphatic heterocycles. The molecule has 122 valence electrons. The van der Waals surface area contributed by atoms with Crippen LogP contribution in [0.15, 0.2) is 35.8 Å². The van der Waals surface area contributed by atoms with Gasteiger partial charge in [-0.05, 0) is 25.8 Å². The van der Waals surface area contributed by atoms with E-state index in [2.05, 4.69) is 21.1 Å². The Hall–Kier alpha value is -2.47. The molecule has 1 aromatic carbocycles. The summed E-state index contributed by atoms with van der Waals surface area (Å²) < 4.78 is 2.22. The van der Waals surface area contributed by atoms with Gasteiger partial charge in [0.15, 0.2) is 0 Å². The largest absolute Gasteiger partial charge is 0.334 e. The van der Waals surface area contributed by atoms with E-state index in [1.807, 2.05) is 31.2 Å². The van der Waals surface area contributed by atoms with Crippen molar-refractivity contribution in [1.82, 2.24) is 14.5 Å². The number of rotatable bonds is 3. The number of hydrogen-bond donors (Lipinski definition) is 1. The number of carbonyl (C=O) groups is 1. The van der Waals surface area contributed by atoms with Crippen molar-refractivity contribution in [2.24, 2.45) is 0 Å². The van der Waals surface area contributed by atoms with Gasteiger partial charge in [-0.1, -0.05) is 18.2 Å². The predicted molar refractivity (Wildman–Crippen MR) is 95.4 cm³/mol. The number of imidazole rings is 1. The first kappa shape index (κ1) is 15.1. The number of benzene rings is 1. The van der Waals surface area contributed by atoms with Gasteiger partial charge >= 0.3 is 0 Å². The van der Waals surface area contributed by atoms with Crippen LogP contribution in [0.3, 0.4) is 0 Å². The Morgan fingerprint density at radius 2 is 2.12 bits per heavy atom. The summed E-state index contributed by atoms with van der Waals surface area (Å²) in [5.74, 6) is 0.947. The zero-order valence-electron chi connectivity index (χ0n) is 13.5. The third-order valence-electron chi connectivity index (χ3n) is 4.21. The van der Waals surface area contributed by atoms with Gasteiger partial charge in [0, 0.05) is 30.1 Å². The van der Waals surface area contributed by atoms with Crippen molar-refractivity contribution in [1.29, 1.82) is 0 Å². The maximum Gasteiger partial charge on any atom is 0.275 e. The standard InChI is InChI=1S/C18H18N4OS/c1-12-19-16(11-24-12)18(23)21-14-7-3-2-6-13(14)15-10-22-9-5-4-8-17(22)20-15/h2-3,6-7,10-11H,4-5,8-9H2,1H3,(H,21,23). The molecule has 3 aromatic rings. The van der Waals surface area contributed by atoms with Crippen LogP contribution in [-0.2, 0) is 13.0 Å². The Morgan fingerprint density at radius 3 is 2.92 bits per heavy atom. The van der Waals surface area contributed by atoms with E-state index >= 15 is 0 Å². The normalized spacial score (nSPS) is 13.5. The smallest absolute Gasteiger partial charge is 0.275 e. The molecule has 0 saturated heterocycles. The number of para-hydroxylation sites is 1. The van der Waals surface area contributed by atoms with Crippen molar-refractivity contribution in [2.75, 3.05) is 5.32 Å². The average molecular weight is 338 g/mol. The molecule has 0 bridgehead atoms. The van der Waals surface area contributed by atoms with Gasteiger partial charge in [-0.3, -0.25) is 4.79 Å². The lowest BCUT2D eigenvalue weighted by atomic mass is 10.1. The number of hydrogen-bond acceptors (Lipinski definition) is 4. The fourth-order valence-corrected chi connectivity index (χ4v) is 3.60. The van der Waals surface area contributed by atoms with Crippen molar-refractivity contribution in [3.8, 4) is 11.3 Å². The van der Waals surface area contributed by atoms with Crippen LogP contribution in [0.1, 0.15) is 34.2 Å². The van der Waals surface area contributed by atoms with Crippen LogP contribution in [0.4, 0.5) is 5.69 Å². The maximum atomic E-state index is 12.4. The minimum Gasteiger partial charge on any atom is -0.334 e. The number of nitrogens with one attached hydrogen (secondary N) is 1. The Balaban J connectivity index is 1.65. The van der Waals surface area contributed by atoms with Crippen LogP contribution in [0.2, 0.25) is 0 Å². The molecule has 6 heteroatoms. The number of aromatic nitrogens is 3. The number of aryl methyl sites for hydroxylation is 3. The van der Waals surface area contributed by atoms with E-state index in [4.69, 9.17) is 4.98 Å². The van der Waals surface area contributed by atoms with E-state index in [0.717, 1.165) is 40.7 Å². The lowest BCUT2D eigenvalue weighted by Gasteiger charge is -2.11. The molecule has 0 aliphatic carbocycles. The summed E-state index contributed by atoms with van der Waals surface area (Å²) in [5.41, 5.74) is 3.08. The van der Waals surface area contributed by atoms with E-state index in [9.17, 15) is 4.79 Å². The van der Waals surface area contributed by atoms with Crippen molar-refractivity contribution in [2.45, 2.75) is 32.7 Å². The molecule has 0 fully saturated rings. The molecule has 3 heterocycles. The zero-order chi connectivity index (χ0) is 16.5. The number of thiazole rings is 1. The molecule has 1 aliphatic rings. The van der Waals surface area contributed by atoms with Crippen LogP contribution < -0.4 is 5.32 Å². The highest BCUT2D eigenvalue weighted by atomic mass is 32.1. The monoisotopic (exact) mass is 338 g/mol. The number of amides is 1. The topological polar surface area (TPSA) is 59.8 Å². The van der Waals surface area contributed by atoms with Gasteiger partial charge in [-0.15, -0.1) is 11.3 Å². The first-order chi connectivity index (χ1) is 11.7. The van der Waals surface area contributed by atoms with E-state index in [0.29, 0.717) is 5.69 Å². The molecule has 0 radical (unpaired) electrons. The molecule has 0 spiro atoms. The van der Waals surface area contributed by atoms with Crippen molar-refractivity contribution in [3.63, 3.8) is 0 Å². The van der Waals surface area contributed by atoms with Crippen molar-refractivity contribution < 1.29 is 4.79 Å². The van der Waals surface area contributed by atoms with E-state index in [1.165, 1.54) is 24.2 Å². The highest BCUT2D eigenvalue weighted by Gasteiger charge is 2.17. The quantitative estimate of drug-likeness (QED) is 0.788. The number of fused-ring (bicyclic) bond motifs is 1. The SMILES string of the molecule is Cc1nc(C(=O)Nc2ccccc2-c2cn3c(n2)CCCC3)cs1. The molecule has 1 N–H and O–H groups in total. The average Bonchev–Trinajstić information content (AvgIpc) is 3.21. The summed E-state index contributed by atoms with van der Waals surface area (Å²) in [6, 6.07) is 7.79. The summed E-state index contributed by atoms with van der Waals surface area (Å²) in [5, 5.41) is 5.64. The molecule has 5 nitrogen and oxygen atoms in total. The van der Waals surface area contributed by atoms with Gasteiger partial charge in [0.2, 0.25) is 0 Å². The second-order valence-corrected chi connectivity index (χ2v) is 7.01. The first-order valence-corrected chi connectivity index (χ1v) is 8.97. The van der Waals surface area contributed by atoms with Crippen molar-refractivity contribution in [3.05, 3.63) is 52.4 Å². The summed E-state index contributed by atoms with van der Waals surface area (Å²) >= 11 is 1.47. The Labute approximate surface area is 144 Å². The second-order valence-electron chi connectivity index (χ2n) is 5.94. The zero-order valence-corrected chi connectivity index (χ0v) is 14.3. The third kappa shape index (κ3) is 2.85. The van der Waals surface area contributed by atoms with Gasteiger partial charge < -0.3 is 9.88 Å². The summed E-state index contributed by atoms with van der Waals surface area (Å²) in [7, 11) is 0. The van der Waals surface area contributed by atoms with E-state index in [-0.39, 0.29) is 5.91 Å². The Kier molecular flexibility index (Phi) is 3.90. The lowest BCUT2D eigenvalue weighted by molar-refractivity contribution is 0.102. The molecular weight excluding hydrogens is 320 g/mol. The van der Waals surface area contributed by atoms with Gasteiger partial charge in [0.25, 0.3) is 5.91 Å². The van der Waals surface area contributed by atoms with Crippen LogP contribution >= 0.6 is 11.3 Å². The first-order valence-electron chi connectivity index (χ1n) is 8.09. The van der Waals surface area contributed by atoms with Gasteiger partial charge in [0.1, 0.15) is 11.5 Å². The molecule has 0 unspecified atom stereocenters. The van der Waals surface area contributed by atoms with E-state index < -0.39 is 0 Å². The highest BCUT2D eigenvalue weighted by molar-refractivity contribution is 7.09. The fourth-order valence-electron chi connectivity index (χ4n) is 3.01. The van der Waals surface area contributed by atoms with Crippen LogP contribution in [-0.4, -0.2) is 20.4 Å². The number of carbonyl (C=O) groups excluding carboxylic acids is 1. The van der Waals surface area contributed by atoms with Crippen LogP contribution in [0.25, 0.3) is 11.3 Å². The lowest BCUT2D eigenvalue weighted by Crippen LogP contribution is -2.13. The van der Waals surface area contributed by atoms with Crippen LogP contribution in [0, 0.1) is 6.92 Å². The predicted octanol–water partition coefficient (Wildman–Crippen LogP) is 3.90. The van der Waals surface area contributed by atoms with Crippen molar-refractivity contribution >= 4 is 22.9 Å². The molecular formula is C18H18N4OS. The summed E-state index contributed by atoms with van der Waals surface area (Å²) in [6.07, 6.45) is 5.50. The minimum absolute atomic E-state index is 0.184. The molecule has 0 atom stereocenters. The van der Waals surface area contributed by atoms with E-state index in [1.54, 1.807) is 5.38 Å². The summed E-state index contributed by atoms with van der Waals surface area (Å²) in [6.45, 7) is 2.92. The Morgan fingerprint density at radius 1 is 1.25 bits per heavy atom. The molecule has 0 saturated carbocycles. The summed E-state index contributed by atoms with van der Waals surface area (Å²) in [4.78, 5) is 21.4. The maximum absolute atomic E-state index is 12.4. The molecule has 24 heavy (non-hydrogen) atoms. The number of nitrogens with zero attached hydrogens (tertiary/aromatic N) is 3. The van der Waals surface area contributed by atoms with Gasteiger partial charge in [-0.2, -0.15) is 0 Å². The van der Waals surface area contributed by atoms with Gasteiger partial charge in [0.05, 0.1) is 16.4 Å². The molecule has 2 aromatic heterocycles. The highest BCUT2D eigenvalue weighted by Crippen LogP contribution is 2.29. The second kappa shape index (κ2) is 6.20. The molecule has 4 rings (SSSR count). The molecule has 1 amide bonds. The van der Waals surface area contributed by atoms with Gasteiger partial charge in [-0.25, -0.2) is 9.97 Å². The Bertz CT molecular complexity index is 873. The minimum atomic E-state index is -0.184. The number of anilines is 1.